The van der Waals surface area contributed by atoms with Gasteiger partial charge < -0.3 is 14.6 Å². The van der Waals surface area contributed by atoms with Crippen LogP contribution < -0.4 is 4.74 Å². The molecule has 0 radical (unpaired) electrons. The number of rotatable bonds is 7. The van der Waals surface area contributed by atoms with E-state index in [1.807, 2.05) is 60.7 Å². The molecular weight excluding hydrogens is 344 g/mol. The number of aliphatic carboxylic acids is 1. The van der Waals surface area contributed by atoms with Gasteiger partial charge in [-0.3, -0.25) is 0 Å². The molecule has 0 fully saturated rings. The molecule has 1 aromatic heterocycles. The van der Waals surface area contributed by atoms with Gasteiger partial charge in [-0.05, 0) is 24.1 Å². The third kappa shape index (κ3) is 3.66. The second kappa shape index (κ2) is 7.97. The van der Waals surface area contributed by atoms with Crippen LogP contribution >= 0.6 is 0 Å². The maximum atomic E-state index is 12.3. The Morgan fingerprint density at radius 1 is 0.926 bits per heavy atom. The van der Waals surface area contributed by atoms with Crippen molar-refractivity contribution >= 4 is 5.97 Å². The van der Waals surface area contributed by atoms with Crippen molar-refractivity contribution in [2.45, 2.75) is 18.6 Å². The first-order valence-electron chi connectivity index (χ1n) is 8.44. The summed E-state index contributed by atoms with van der Waals surface area (Å²) in [7, 11) is 1.47. The van der Waals surface area contributed by atoms with Crippen LogP contribution in [-0.2, 0) is 15.1 Å². The molecule has 1 atom stereocenters. The number of methoxy groups -OCH3 is 1. The van der Waals surface area contributed by atoms with Crippen LogP contribution in [0.4, 0.5) is 0 Å². The van der Waals surface area contributed by atoms with Gasteiger partial charge in [-0.25, -0.2) is 4.79 Å². The Hall–Kier alpha value is -3.25. The monoisotopic (exact) mass is 364 g/mol. The first kappa shape index (κ1) is 18.5. The van der Waals surface area contributed by atoms with Crippen LogP contribution in [0.25, 0.3) is 0 Å². The summed E-state index contributed by atoms with van der Waals surface area (Å²) < 4.78 is 11.7. The molecule has 3 rings (SSSR count). The topological polar surface area (TPSA) is 81.5 Å². The smallest absolute Gasteiger partial charge is 0.348 e. The van der Waals surface area contributed by atoms with Crippen molar-refractivity contribution in [2.75, 3.05) is 7.11 Å². The fraction of sp³-hybridized carbons (Fsp3) is 0.190. The van der Waals surface area contributed by atoms with Gasteiger partial charge in [0.2, 0.25) is 12.0 Å². The first-order valence-corrected chi connectivity index (χ1v) is 8.44. The van der Waals surface area contributed by atoms with Crippen molar-refractivity contribution in [3.63, 3.8) is 0 Å². The fourth-order valence-electron chi connectivity index (χ4n) is 3.06. The highest BCUT2D eigenvalue weighted by molar-refractivity contribution is 5.76. The van der Waals surface area contributed by atoms with Crippen molar-refractivity contribution in [1.82, 2.24) is 10.2 Å². The van der Waals surface area contributed by atoms with Gasteiger partial charge in [0.1, 0.15) is 0 Å². The molecule has 0 spiro atoms. The van der Waals surface area contributed by atoms with E-state index in [2.05, 4.69) is 10.2 Å². The van der Waals surface area contributed by atoms with E-state index in [9.17, 15) is 9.90 Å². The van der Waals surface area contributed by atoms with Crippen molar-refractivity contribution in [3.8, 4) is 5.88 Å². The number of ether oxygens (including phenoxy) is 2. The molecule has 3 aromatic rings. The van der Waals surface area contributed by atoms with Crippen molar-refractivity contribution in [1.29, 1.82) is 0 Å². The van der Waals surface area contributed by atoms with E-state index >= 15 is 0 Å². The Morgan fingerprint density at radius 3 is 1.89 bits per heavy atom. The molecule has 1 heterocycles. The largest absolute Gasteiger partial charge is 0.478 e. The van der Waals surface area contributed by atoms with Gasteiger partial charge in [-0.2, -0.15) is 5.10 Å². The molecule has 1 unspecified atom stereocenters. The minimum absolute atomic E-state index is 0.112. The van der Waals surface area contributed by atoms with Gasteiger partial charge in [-0.1, -0.05) is 60.7 Å². The third-order valence-corrected chi connectivity index (χ3v) is 4.33. The molecule has 0 aliphatic heterocycles. The quantitative estimate of drug-likeness (QED) is 0.693. The van der Waals surface area contributed by atoms with Crippen LogP contribution in [0.5, 0.6) is 5.88 Å². The predicted octanol–water partition coefficient (Wildman–Crippen LogP) is 3.21. The van der Waals surface area contributed by atoms with Crippen molar-refractivity contribution < 1.29 is 19.4 Å². The number of hydrogen-bond donors (Lipinski definition) is 1. The summed E-state index contributed by atoms with van der Waals surface area (Å²) in [6, 6.07) is 21.6. The lowest BCUT2D eigenvalue weighted by atomic mass is 9.81. The Balaban J connectivity index is 2.17. The highest BCUT2D eigenvalue weighted by Crippen LogP contribution is 2.38. The zero-order valence-corrected chi connectivity index (χ0v) is 15.1. The van der Waals surface area contributed by atoms with Gasteiger partial charge in [-0.15, -0.1) is 5.10 Å². The lowest BCUT2D eigenvalue weighted by Gasteiger charge is -2.37. The van der Waals surface area contributed by atoms with Gasteiger partial charge in [0.25, 0.3) is 0 Å². The summed E-state index contributed by atoms with van der Waals surface area (Å²) in [5.41, 5.74) is 0.650. The summed E-state index contributed by atoms with van der Waals surface area (Å²) in [5.74, 6) is -1.06. The molecule has 0 saturated carbocycles. The van der Waals surface area contributed by atoms with Crippen LogP contribution in [0.1, 0.15) is 16.8 Å². The number of hydrogen-bond acceptors (Lipinski definition) is 5. The van der Waals surface area contributed by atoms with Gasteiger partial charge in [0.05, 0.1) is 5.69 Å². The molecule has 6 nitrogen and oxygen atoms in total. The second-order valence-corrected chi connectivity index (χ2v) is 6.02. The summed E-state index contributed by atoms with van der Waals surface area (Å²) >= 11 is 0. The average Bonchev–Trinajstić information content (AvgIpc) is 2.71. The average molecular weight is 364 g/mol. The van der Waals surface area contributed by atoms with E-state index < -0.39 is 17.7 Å². The molecule has 138 valence electrons. The zero-order chi connectivity index (χ0) is 19.3. The standard InChI is InChI=1S/C21H20N2O4/c1-15-13-14-18(23-22-15)27-19(20(24)25)21(26-2,16-9-5-3-6-10-16)17-11-7-4-8-12-17/h3-14,19H,1-2H3,(H,24,25). The number of carboxylic acids is 1. The van der Waals surface area contributed by atoms with E-state index in [4.69, 9.17) is 9.47 Å². The number of carboxylic acid groups (broad SMARTS) is 1. The van der Waals surface area contributed by atoms with E-state index in [-0.39, 0.29) is 5.88 Å². The molecular formula is C21H20N2O4. The van der Waals surface area contributed by atoms with E-state index in [1.165, 1.54) is 7.11 Å². The zero-order valence-electron chi connectivity index (χ0n) is 15.1. The number of benzene rings is 2. The summed E-state index contributed by atoms with van der Waals surface area (Å²) in [4.78, 5) is 12.3. The normalized spacial score (nSPS) is 12.4. The molecule has 6 heteroatoms. The van der Waals surface area contributed by atoms with Gasteiger partial charge in [0.15, 0.2) is 5.60 Å². The molecule has 0 aliphatic rings. The molecule has 0 bridgehead atoms. The third-order valence-electron chi connectivity index (χ3n) is 4.33. The Labute approximate surface area is 157 Å². The highest BCUT2D eigenvalue weighted by Gasteiger charge is 2.49. The van der Waals surface area contributed by atoms with E-state index in [0.29, 0.717) is 16.8 Å². The van der Waals surface area contributed by atoms with Crippen LogP contribution in [-0.4, -0.2) is 34.5 Å². The number of aromatic nitrogens is 2. The summed E-state index contributed by atoms with van der Waals surface area (Å²) in [6.07, 6.45) is -1.38. The van der Waals surface area contributed by atoms with Crippen LogP contribution in [0.2, 0.25) is 0 Å². The molecule has 0 saturated heterocycles. The lowest BCUT2D eigenvalue weighted by Crippen LogP contribution is -2.50. The first-order chi connectivity index (χ1) is 13.1. The SMILES string of the molecule is COC(c1ccccc1)(c1ccccc1)C(Oc1ccc(C)nn1)C(=O)O. The van der Waals surface area contributed by atoms with Crippen LogP contribution in [0, 0.1) is 6.92 Å². The van der Waals surface area contributed by atoms with Crippen LogP contribution in [0.15, 0.2) is 72.8 Å². The molecule has 2 aromatic carbocycles. The number of carbonyl (C=O) groups is 1. The number of nitrogens with zero attached hydrogens (tertiary/aromatic N) is 2. The van der Waals surface area contributed by atoms with E-state index in [1.54, 1.807) is 19.1 Å². The maximum absolute atomic E-state index is 12.3. The minimum atomic E-state index is -1.38. The van der Waals surface area contributed by atoms with Gasteiger partial charge in [0, 0.05) is 13.2 Å². The Morgan fingerprint density at radius 2 is 1.48 bits per heavy atom. The Kier molecular flexibility index (Phi) is 5.47. The molecule has 1 N–H and O–H groups in total. The lowest BCUT2D eigenvalue weighted by molar-refractivity contribution is -0.160. The molecule has 0 aliphatic carbocycles. The minimum Gasteiger partial charge on any atom is -0.478 e. The van der Waals surface area contributed by atoms with Crippen molar-refractivity contribution in [3.05, 3.63) is 89.6 Å². The second-order valence-electron chi connectivity index (χ2n) is 6.02. The molecule has 0 amide bonds. The van der Waals surface area contributed by atoms with Crippen molar-refractivity contribution in [2.24, 2.45) is 0 Å². The highest BCUT2D eigenvalue weighted by atomic mass is 16.6. The van der Waals surface area contributed by atoms with Crippen LogP contribution in [0.3, 0.4) is 0 Å². The number of aryl methyl sites for hydroxylation is 1. The fourth-order valence-corrected chi connectivity index (χ4v) is 3.06. The maximum Gasteiger partial charge on any atom is 0.348 e. The summed E-state index contributed by atoms with van der Waals surface area (Å²) in [6.45, 7) is 1.79. The summed E-state index contributed by atoms with van der Waals surface area (Å²) in [5, 5.41) is 17.9. The Bertz CT molecular complexity index is 844. The molecule has 27 heavy (non-hydrogen) atoms. The predicted molar refractivity (Wildman–Crippen MR) is 99.5 cm³/mol. The van der Waals surface area contributed by atoms with Gasteiger partial charge >= 0.3 is 5.97 Å². The van der Waals surface area contributed by atoms with E-state index in [0.717, 1.165) is 0 Å².